The van der Waals surface area contributed by atoms with E-state index in [9.17, 15) is 4.79 Å². The average Bonchev–Trinajstić information content (AvgIpc) is 2.54. The zero-order valence-electron chi connectivity index (χ0n) is 13.9. The molecule has 0 bridgehead atoms. The Morgan fingerprint density at radius 2 is 2.08 bits per heavy atom. The van der Waals surface area contributed by atoms with Crippen molar-refractivity contribution in [2.24, 2.45) is 0 Å². The number of esters is 1. The standard InChI is InChI=1S/C15H20N6O3/c1-4-24-14(22)11-7-19-15(20-9(11)2)18-6-10-5-17-12(8-23-3)21-13(10)16/h5,7H,4,6,8H2,1-3H3,(H2,16,17,21)(H,18,19,20). The van der Waals surface area contributed by atoms with Gasteiger partial charge in [-0.25, -0.2) is 24.7 Å². The van der Waals surface area contributed by atoms with Crippen LogP contribution < -0.4 is 11.1 Å². The van der Waals surface area contributed by atoms with Gasteiger partial charge in [0.25, 0.3) is 0 Å². The second-order valence-corrected chi connectivity index (χ2v) is 4.90. The SMILES string of the molecule is CCOC(=O)c1cnc(NCc2cnc(COC)nc2N)nc1C. The average molecular weight is 332 g/mol. The lowest BCUT2D eigenvalue weighted by atomic mass is 10.2. The normalized spacial score (nSPS) is 10.5. The van der Waals surface area contributed by atoms with Crippen molar-refractivity contribution in [3.8, 4) is 0 Å². The van der Waals surface area contributed by atoms with E-state index >= 15 is 0 Å². The Labute approximate surface area is 139 Å². The summed E-state index contributed by atoms with van der Waals surface area (Å²) in [6.45, 7) is 4.42. The van der Waals surface area contributed by atoms with Gasteiger partial charge in [0.1, 0.15) is 12.4 Å². The number of nitrogen functional groups attached to an aromatic ring is 1. The lowest BCUT2D eigenvalue weighted by molar-refractivity contribution is 0.0524. The number of carbonyl (C=O) groups is 1. The molecule has 9 heteroatoms. The summed E-state index contributed by atoms with van der Waals surface area (Å²) in [5, 5.41) is 3.03. The summed E-state index contributed by atoms with van der Waals surface area (Å²) < 4.78 is 9.90. The van der Waals surface area contributed by atoms with Gasteiger partial charge in [0.2, 0.25) is 5.95 Å². The molecule has 0 aliphatic carbocycles. The van der Waals surface area contributed by atoms with E-state index in [-0.39, 0.29) is 0 Å². The number of ether oxygens (including phenoxy) is 2. The van der Waals surface area contributed by atoms with E-state index in [1.54, 1.807) is 27.2 Å². The number of carbonyl (C=O) groups excluding carboxylic acids is 1. The van der Waals surface area contributed by atoms with Crippen LogP contribution in [-0.4, -0.2) is 39.6 Å². The van der Waals surface area contributed by atoms with E-state index in [0.717, 1.165) is 0 Å². The molecule has 2 heterocycles. The molecule has 0 aromatic carbocycles. The first-order chi connectivity index (χ1) is 11.5. The third kappa shape index (κ3) is 4.35. The van der Waals surface area contributed by atoms with Crippen molar-refractivity contribution in [3.05, 3.63) is 35.0 Å². The molecule has 0 fully saturated rings. The summed E-state index contributed by atoms with van der Waals surface area (Å²) in [5.41, 5.74) is 7.48. The molecule has 9 nitrogen and oxygen atoms in total. The highest BCUT2D eigenvalue weighted by Gasteiger charge is 2.13. The minimum Gasteiger partial charge on any atom is -0.462 e. The molecule has 0 spiro atoms. The van der Waals surface area contributed by atoms with Gasteiger partial charge in [0.05, 0.1) is 17.9 Å². The number of hydrogen-bond donors (Lipinski definition) is 2. The highest BCUT2D eigenvalue weighted by molar-refractivity contribution is 5.90. The van der Waals surface area contributed by atoms with Crippen molar-refractivity contribution in [3.63, 3.8) is 0 Å². The first kappa shape index (κ1) is 17.5. The number of nitrogens with two attached hydrogens (primary N) is 1. The number of nitrogens with one attached hydrogen (secondary N) is 1. The van der Waals surface area contributed by atoms with Crippen molar-refractivity contribution < 1.29 is 14.3 Å². The number of aromatic nitrogens is 4. The maximum atomic E-state index is 11.7. The monoisotopic (exact) mass is 332 g/mol. The molecule has 0 radical (unpaired) electrons. The van der Waals surface area contributed by atoms with Crippen LogP contribution in [0.3, 0.4) is 0 Å². The minimum atomic E-state index is -0.437. The fraction of sp³-hybridized carbons (Fsp3) is 0.400. The van der Waals surface area contributed by atoms with Crippen molar-refractivity contribution in [2.45, 2.75) is 27.0 Å². The van der Waals surface area contributed by atoms with Crippen molar-refractivity contribution in [1.29, 1.82) is 0 Å². The summed E-state index contributed by atoms with van der Waals surface area (Å²) in [6.07, 6.45) is 3.06. The molecule has 0 aliphatic rings. The van der Waals surface area contributed by atoms with E-state index in [1.807, 2.05) is 0 Å². The fourth-order valence-electron chi connectivity index (χ4n) is 1.93. The molecule has 2 aromatic heterocycles. The van der Waals surface area contributed by atoms with Gasteiger partial charge in [0, 0.05) is 31.6 Å². The number of aryl methyl sites for hydroxylation is 1. The largest absolute Gasteiger partial charge is 0.462 e. The molecule has 0 unspecified atom stereocenters. The summed E-state index contributed by atoms with van der Waals surface area (Å²) >= 11 is 0. The van der Waals surface area contributed by atoms with E-state index in [2.05, 4.69) is 25.3 Å². The van der Waals surface area contributed by atoms with Crippen LogP contribution in [0, 0.1) is 6.92 Å². The second kappa shape index (κ2) is 8.16. The zero-order chi connectivity index (χ0) is 17.5. The maximum Gasteiger partial charge on any atom is 0.341 e. The van der Waals surface area contributed by atoms with Gasteiger partial charge < -0.3 is 20.5 Å². The highest BCUT2D eigenvalue weighted by Crippen LogP contribution is 2.12. The third-order valence-corrected chi connectivity index (χ3v) is 3.13. The Hall–Kier alpha value is -2.81. The van der Waals surface area contributed by atoms with Gasteiger partial charge in [-0.1, -0.05) is 0 Å². The Kier molecular flexibility index (Phi) is 5.96. The Morgan fingerprint density at radius 1 is 1.29 bits per heavy atom. The zero-order valence-corrected chi connectivity index (χ0v) is 13.9. The summed E-state index contributed by atoms with van der Waals surface area (Å²) in [5.74, 6) is 0.822. The Balaban J connectivity index is 2.04. The molecule has 0 amide bonds. The van der Waals surface area contributed by atoms with Crippen molar-refractivity contribution in [2.75, 3.05) is 24.8 Å². The van der Waals surface area contributed by atoms with Gasteiger partial charge in [-0.2, -0.15) is 0 Å². The highest BCUT2D eigenvalue weighted by atomic mass is 16.5. The number of hydrogen-bond acceptors (Lipinski definition) is 9. The maximum absolute atomic E-state index is 11.7. The van der Waals surface area contributed by atoms with E-state index in [1.165, 1.54) is 6.20 Å². The minimum absolute atomic E-state index is 0.301. The van der Waals surface area contributed by atoms with Gasteiger partial charge in [-0.05, 0) is 13.8 Å². The van der Waals surface area contributed by atoms with Crippen LogP contribution >= 0.6 is 0 Å². The smallest absolute Gasteiger partial charge is 0.341 e. The van der Waals surface area contributed by atoms with Crippen LogP contribution in [0.1, 0.15) is 34.4 Å². The summed E-state index contributed by atoms with van der Waals surface area (Å²) in [4.78, 5) is 28.4. The predicted octanol–water partition coefficient (Wildman–Crippen LogP) is 1.09. The predicted molar refractivity (Wildman–Crippen MR) is 87.2 cm³/mol. The molecule has 24 heavy (non-hydrogen) atoms. The fourth-order valence-corrected chi connectivity index (χ4v) is 1.93. The molecule has 128 valence electrons. The van der Waals surface area contributed by atoms with Crippen LogP contribution in [0.5, 0.6) is 0 Å². The van der Waals surface area contributed by atoms with Gasteiger partial charge in [0.15, 0.2) is 5.82 Å². The van der Waals surface area contributed by atoms with E-state index < -0.39 is 5.97 Å². The summed E-state index contributed by atoms with van der Waals surface area (Å²) in [7, 11) is 1.56. The number of rotatable bonds is 7. The van der Waals surface area contributed by atoms with Gasteiger partial charge in [-0.3, -0.25) is 0 Å². The Bertz CT molecular complexity index is 722. The molecule has 0 saturated carbocycles. The van der Waals surface area contributed by atoms with Gasteiger partial charge in [-0.15, -0.1) is 0 Å². The quantitative estimate of drug-likeness (QED) is 0.716. The van der Waals surface area contributed by atoms with Crippen LogP contribution in [0.25, 0.3) is 0 Å². The third-order valence-electron chi connectivity index (χ3n) is 3.13. The molecule has 0 saturated heterocycles. The first-order valence-electron chi connectivity index (χ1n) is 7.39. The van der Waals surface area contributed by atoms with E-state index in [0.29, 0.717) is 54.2 Å². The Morgan fingerprint density at radius 3 is 2.71 bits per heavy atom. The lowest BCUT2D eigenvalue weighted by Gasteiger charge is -2.09. The molecule has 3 N–H and O–H groups in total. The van der Waals surface area contributed by atoms with Crippen molar-refractivity contribution in [1.82, 2.24) is 19.9 Å². The lowest BCUT2D eigenvalue weighted by Crippen LogP contribution is -2.12. The van der Waals surface area contributed by atoms with Crippen LogP contribution in [0.2, 0.25) is 0 Å². The van der Waals surface area contributed by atoms with Gasteiger partial charge >= 0.3 is 5.97 Å². The number of anilines is 2. The molecular weight excluding hydrogens is 312 g/mol. The van der Waals surface area contributed by atoms with Crippen molar-refractivity contribution >= 4 is 17.7 Å². The number of nitrogens with zero attached hydrogens (tertiary/aromatic N) is 4. The van der Waals surface area contributed by atoms with E-state index in [4.69, 9.17) is 15.2 Å². The first-order valence-corrected chi connectivity index (χ1v) is 7.39. The summed E-state index contributed by atoms with van der Waals surface area (Å²) in [6, 6.07) is 0. The molecule has 0 atom stereocenters. The van der Waals surface area contributed by atoms with Crippen LogP contribution in [0.4, 0.5) is 11.8 Å². The van der Waals surface area contributed by atoms with Crippen LogP contribution in [0.15, 0.2) is 12.4 Å². The molecule has 0 aliphatic heterocycles. The molecule has 2 aromatic rings. The number of methoxy groups -OCH3 is 1. The molecule has 2 rings (SSSR count). The van der Waals surface area contributed by atoms with Crippen LogP contribution in [-0.2, 0) is 22.6 Å². The molecular formula is C15H20N6O3. The topological polar surface area (TPSA) is 125 Å². The second-order valence-electron chi connectivity index (χ2n) is 4.90.